The minimum absolute atomic E-state index is 0.0877. The quantitative estimate of drug-likeness (QED) is 0.520. The summed E-state index contributed by atoms with van der Waals surface area (Å²) in [6.07, 6.45) is 5.42. The van der Waals surface area contributed by atoms with Crippen molar-refractivity contribution in [2.75, 3.05) is 23.9 Å². The zero-order valence-corrected chi connectivity index (χ0v) is 18.2. The first-order chi connectivity index (χ1) is 14.7. The van der Waals surface area contributed by atoms with E-state index in [-0.39, 0.29) is 17.2 Å². The lowest BCUT2D eigenvalue weighted by Gasteiger charge is -2.03. The fraction of sp³-hybridized carbons (Fsp3) is 0.263. The molecule has 0 radical (unpaired) electrons. The molecule has 0 spiro atoms. The van der Waals surface area contributed by atoms with Crippen LogP contribution in [0.3, 0.4) is 0 Å². The zero-order chi connectivity index (χ0) is 22.6. The second-order valence-electron chi connectivity index (χ2n) is 6.42. The van der Waals surface area contributed by atoms with E-state index in [2.05, 4.69) is 21.4 Å². The third-order valence-electron chi connectivity index (χ3n) is 3.95. The van der Waals surface area contributed by atoms with E-state index >= 15 is 0 Å². The standard InChI is InChI=1S/C19H18N4O6S2/c1-4-7-23-14-6-5-13(28-3)9-15(14)30-19(23)21-18(25)11-31(26,27)10-17(24)20-16-8-12(2)29-22-16/h1,5-6,8-9H,7,10-11H2,2-3H3,(H,20,22,24). The number of amides is 2. The number of carbonyl (C=O) groups is 2. The predicted octanol–water partition coefficient (Wildman–Crippen LogP) is 1.12. The number of benzene rings is 1. The first-order valence-corrected chi connectivity index (χ1v) is 11.5. The van der Waals surface area contributed by atoms with Gasteiger partial charge in [-0.15, -0.1) is 6.42 Å². The highest BCUT2D eigenvalue weighted by molar-refractivity contribution is 7.92. The smallest absolute Gasteiger partial charge is 0.263 e. The molecular weight excluding hydrogens is 444 g/mol. The molecule has 2 amide bonds. The second-order valence-corrected chi connectivity index (χ2v) is 9.49. The monoisotopic (exact) mass is 462 g/mol. The van der Waals surface area contributed by atoms with E-state index in [4.69, 9.17) is 15.7 Å². The van der Waals surface area contributed by atoms with Crippen molar-refractivity contribution >= 4 is 49.0 Å². The van der Waals surface area contributed by atoms with Crippen LogP contribution in [0, 0.1) is 19.3 Å². The van der Waals surface area contributed by atoms with Crippen molar-refractivity contribution in [3.8, 4) is 18.1 Å². The number of aromatic nitrogens is 2. The third-order valence-corrected chi connectivity index (χ3v) is 6.38. The van der Waals surface area contributed by atoms with E-state index in [0.29, 0.717) is 11.5 Å². The Kier molecular flexibility index (Phi) is 6.57. The number of hydrogen-bond acceptors (Lipinski definition) is 8. The van der Waals surface area contributed by atoms with Crippen LogP contribution in [0.2, 0.25) is 0 Å². The largest absolute Gasteiger partial charge is 0.497 e. The number of hydrogen-bond donors (Lipinski definition) is 1. The first-order valence-electron chi connectivity index (χ1n) is 8.83. The summed E-state index contributed by atoms with van der Waals surface area (Å²) in [5.41, 5.74) is 0.737. The maximum Gasteiger partial charge on any atom is 0.263 e. The maximum atomic E-state index is 12.3. The molecule has 0 unspecified atom stereocenters. The Labute approximate surface area is 181 Å². The van der Waals surface area contributed by atoms with Crippen molar-refractivity contribution in [3.05, 3.63) is 34.8 Å². The van der Waals surface area contributed by atoms with Crippen LogP contribution < -0.4 is 14.9 Å². The minimum Gasteiger partial charge on any atom is -0.497 e. The van der Waals surface area contributed by atoms with Gasteiger partial charge in [0.1, 0.15) is 23.0 Å². The molecule has 0 bridgehead atoms. The predicted molar refractivity (Wildman–Crippen MR) is 114 cm³/mol. The SMILES string of the molecule is C#CCn1c(=NC(=O)CS(=O)(=O)CC(=O)Nc2cc(C)on2)sc2cc(OC)ccc21. The van der Waals surface area contributed by atoms with Crippen LogP contribution >= 0.6 is 11.3 Å². The molecule has 31 heavy (non-hydrogen) atoms. The Bertz CT molecular complexity index is 1360. The van der Waals surface area contributed by atoms with Gasteiger partial charge in [0.25, 0.3) is 5.91 Å². The fourth-order valence-electron chi connectivity index (χ4n) is 2.69. The third kappa shape index (κ3) is 5.59. The normalized spacial score (nSPS) is 12.0. The zero-order valence-electron chi connectivity index (χ0n) is 16.6. The number of thiazole rings is 1. The number of fused-ring (bicyclic) bond motifs is 1. The van der Waals surface area contributed by atoms with E-state index in [1.165, 1.54) is 24.5 Å². The van der Waals surface area contributed by atoms with E-state index in [1.807, 2.05) is 0 Å². The highest BCUT2D eigenvalue weighted by atomic mass is 32.2. The van der Waals surface area contributed by atoms with Gasteiger partial charge in [-0.3, -0.25) is 9.59 Å². The molecule has 0 fully saturated rings. The van der Waals surface area contributed by atoms with Crippen molar-refractivity contribution < 1.29 is 27.3 Å². The van der Waals surface area contributed by atoms with Crippen molar-refractivity contribution in [1.29, 1.82) is 0 Å². The number of nitrogens with one attached hydrogen (secondary N) is 1. The summed E-state index contributed by atoms with van der Waals surface area (Å²) in [6.45, 7) is 1.76. The molecule has 10 nitrogen and oxygen atoms in total. The summed E-state index contributed by atoms with van der Waals surface area (Å²) in [5, 5.41) is 5.84. The van der Waals surface area contributed by atoms with Gasteiger partial charge in [0.15, 0.2) is 20.5 Å². The number of methoxy groups -OCH3 is 1. The molecule has 0 atom stereocenters. The Morgan fingerprint density at radius 2 is 2.13 bits per heavy atom. The van der Waals surface area contributed by atoms with Gasteiger partial charge in [0, 0.05) is 6.07 Å². The molecule has 0 aliphatic rings. The Morgan fingerprint density at radius 3 is 2.77 bits per heavy atom. The number of anilines is 1. The lowest BCUT2D eigenvalue weighted by molar-refractivity contribution is -0.115. The Hall–Kier alpha value is -3.43. The van der Waals surface area contributed by atoms with Gasteiger partial charge in [-0.25, -0.2) is 8.42 Å². The molecular formula is C19H18N4O6S2. The van der Waals surface area contributed by atoms with Gasteiger partial charge < -0.3 is 19.1 Å². The average Bonchev–Trinajstić information content (AvgIpc) is 3.23. The minimum atomic E-state index is -4.06. The van der Waals surface area contributed by atoms with E-state index in [0.717, 1.165) is 10.2 Å². The summed E-state index contributed by atoms with van der Waals surface area (Å²) in [5.74, 6) is 0.0836. The van der Waals surface area contributed by atoms with Gasteiger partial charge in [0.05, 0.1) is 23.9 Å². The average molecular weight is 463 g/mol. The number of ether oxygens (including phenoxy) is 1. The lowest BCUT2D eigenvalue weighted by atomic mass is 10.3. The second kappa shape index (κ2) is 9.15. The van der Waals surface area contributed by atoms with Gasteiger partial charge in [-0.1, -0.05) is 22.4 Å². The highest BCUT2D eigenvalue weighted by Gasteiger charge is 2.22. The summed E-state index contributed by atoms with van der Waals surface area (Å²) in [6, 6.07) is 6.72. The molecule has 2 heterocycles. The molecule has 1 N–H and O–H groups in total. The van der Waals surface area contributed by atoms with Crippen LogP contribution in [-0.2, 0) is 26.0 Å². The molecule has 1 aromatic carbocycles. The first kappa shape index (κ1) is 22.3. The molecule has 12 heteroatoms. The topological polar surface area (TPSA) is 133 Å². The van der Waals surface area contributed by atoms with Crippen molar-refractivity contribution in [2.45, 2.75) is 13.5 Å². The summed E-state index contributed by atoms with van der Waals surface area (Å²) < 4.78 is 36.9. The van der Waals surface area contributed by atoms with Crippen molar-refractivity contribution in [3.63, 3.8) is 0 Å². The summed E-state index contributed by atoms with van der Waals surface area (Å²) in [7, 11) is -2.53. The number of carbonyl (C=O) groups excluding carboxylic acids is 2. The number of nitrogens with zero attached hydrogens (tertiary/aromatic N) is 3. The molecule has 0 aliphatic carbocycles. The molecule has 3 rings (SSSR count). The number of sulfone groups is 1. The Morgan fingerprint density at radius 1 is 1.35 bits per heavy atom. The van der Waals surface area contributed by atoms with Gasteiger partial charge in [-0.2, -0.15) is 4.99 Å². The summed E-state index contributed by atoms with van der Waals surface area (Å²) >= 11 is 1.17. The highest BCUT2D eigenvalue weighted by Crippen LogP contribution is 2.23. The van der Waals surface area contributed by atoms with Crippen molar-refractivity contribution in [2.24, 2.45) is 4.99 Å². The molecule has 3 aromatic rings. The maximum absolute atomic E-state index is 12.3. The molecule has 0 aliphatic heterocycles. The van der Waals surface area contributed by atoms with E-state index in [9.17, 15) is 18.0 Å². The fourth-order valence-corrected chi connectivity index (χ4v) is 4.78. The van der Waals surface area contributed by atoms with Crippen LogP contribution in [0.1, 0.15) is 5.76 Å². The molecule has 2 aromatic heterocycles. The number of rotatable bonds is 7. The van der Waals surface area contributed by atoms with Crippen molar-refractivity contribution in [1.82, 2.24) is 9.72 Å². The van der Waals surface area contributed by atoms with Gasteiger partial charge in [-0.05, 0) is 25.1 Å². The van der Waals surface area contributed by atoms with Crippen LogP contribution in [0.4, 0.5) is 5.82 Å². The van der Waals surface area contributed by atoms with E-state index < -0.39 is 33.2 Å². The van der Waals surface area contributed by atoms with Gasteiger partial charge in [0.2, 0.25) is 5.91 Å². The van der Waals surface area contributed by atoms with Crippen LogP contribution in [0.15, 0.2) is 33.8 Å². The molecule has 0 saturated heterocycles. The molecule has 0 saturated carbocycles. The lowest BCUT2D eigenvalue weighted by Crippen LogP contribution is -2.28. The Balaban J connectivity index is 1.79. The number of terminal acetylenes is 1. The number of aryl methyl sites for hydroxylation is 1. The van der Waals surface area contributed by atoms with Crippen LogP contribution in [0.5, 0.6) is 5.75 Å². The van der Waals surface area contributed by atoms with Gasteiger partial charge >= 0.3 is 0 Å². The van der Waals surface area contributed by atoms with Crippen LogP contribution in [-0.4, -0.2) is 48.6 Å². The molecule has 162 valence electrons. The summed E-state index contributed by atoms with van der Waals surface area (Å²) in [4.78, 5) is 28.5. The van der Waals surface area contributed by atoms with Crippen LogP contribution in [0.25, 0.3) is 10.2 Å². The van der Waals surface area contributed by atoms with E-state index in [1.54, 1.807) is 29.7 Å².